The zero-order chi connectivity index (χ0) is 13.5. The highest BCUT2D eigenvalue weighted by Gasteiger charge is 2.09. The standard InChI is InChI=1S/C12H23N5O/c1-5-17(8-6-7-16(2)3)10-9-11(18-4)15-12(13)14-10/h9H,5-8H2,1-4H3,(H2,13,14,15). The van der Waals surface area contributed by atoms with Crippen molar-refractivity contribution in [3.63, 3.8) is 0 Å². The Labute approximate surface area is 109 Å². The van der Waals surface area contributed by atoms with E-state index < -0.39 is 0 Å². The molecule has 1 heterocycles. The summed E-state index contributed by atoms with van der Waals surface area (Å²) < 4.78 is 5.11. The molecule has 0 fully saturated rings. The summed E-state index contributed by atoms with van der Waals surface area (Å²) in [6.45, 7) is 4.97. The molecule has 0 amide bonds. The molecule has 1 aromatic heterocycles. The second kappa shape index (κ2) is 7.00. The molecule has 0 radical (unpaired) electrons. The van der Waals surface area contributed by atoms with Crippen molar-refractivity contribution in [3.8, 4) is 5.88 Å². The van der Waals surface area contributed by atoms with Crippen LogP contribution in [0.15, 0.2) is 6.07 Å². The number of ether oxygens (including phenoxy) is 1. The molecule has 0 saturated heterocycles. The summed E-state index contributed by atoms with van der Waals surface area (Å²) in [4.78, 5) is 12.6. The molecule has 1 rings (SSSR count). The average Bonchev–Trinajstić information content (AvgIpc) is 2.33. The van der Waals surface area contributed by atoms with Gasteiger partial charge in [0.15, 0.2) is 0 Å². The molecule has 102 valence electrons. The second-order valence-electron chi connectivity index (χ2n) is 4.36. The molecule has 0 atom stereocenters. The van der Waals surface area contributed by atoms with Gasteiger partial charge in [-0.3, -0.25) is 0 Å². The molecule has 0 aliphatic carbocycles. The molecular formula is C12H23N5O. The van der Waals surface area contributed by atoms with Crippen molar-refractivity contribution in [3.05, 3.63) is 6.07 Å². The highest BCUT2D eigenvalue weighted by atomic mass is 16.5. The summed E-state index contributed by atoms with van der Waals surface area (Å²) >= 11 is 0. The Morgan fingerprint density at radius 3 is 2.56 bits per heavy atom. The topological polar surface area (TPSA) is 67.5 Å². The number of aromatic nitrogens is 2. The highest BCUT2D eigenvalue weighted by Crippen LogP contribution is 2.18. The van der Waals surface area contributed by atoms with Gasteiger partial charge in [0.05, 0.1) is 7.11 Å². The van der Waals surface area contributed by atoms with Crippen molar-refractivity contribution in [2.75, 3.05) is 51.5 Å². The van der Waals surface area contributed by atoms with Crippen LogP contribution in [0.3, 0.4) is 0 Å². The smallest absolute Gasteiger partial charge is 0.225 e. The van der Waals surface area contributed by atoms with Crippen molar-refractivity contribution >= 4 is 11.8 Å². The van der Waals surface area contributed by atoms with Crippen LogP contribution < -0.4 is 15.4 Å². The molecule has 6 nitrogen and oxygen atoms in total. The summed E-state index contributed by atoms with van der Waals surface area (Å²) in [6, 6.07) is 1.82. The number of anilines is 2. The van der Waals surface area contributed by atoms with E-state index >= 15 is 0 Å². The molecule has 1 aromatic rings. The van der Waals surface area contributed by atoms with E-state index in [0.717, 1.165) is 31.9 Å². The van der Waals surface area contributed by atoms with Gasteiger partial charge in [-0.2, -0.15) is 9.97 Å². The summed E-state index contributed by atoms with van der Waals surface area (Å²) in [7, 11) is 5.72. The van der Waals surface area contributed by atoms with Crippen LogP contribution in [0.1, 0.15) is 13.3 Å². The Balaban J connectivity index is 2.71. The Hall–Kier alpha value is -1.56. The normalized spacial score (nSPS) is 10.7. The third kappa shape index (κ3) is 4.37. The molecule has 0 aromatic carbocycles. The first-order valence-corrected chi connectivity index (χ1v) is 6.15. The quantitative estimate of drug-likeness (QED) is 0.777. The van der Waals surface area contributed by atoms with Gasteiger partial charge in [0.25, 0.3) is 0 Å². The minimum Gasteiger partial charge on any atom is -0.481 e. The van der Waals surface area contributed by atoms with Crippen LogP contribution in [0.2, 0.25) is 0 Å². The van der Waals surface area contributed by atoms with Crippen LogP contribution in [0.25, 0.3) is 0 Å². The lowest BCUT2D eigenvalue weighted by atomic mass is 10.3. The van der Waals surface area contributed by atoms with E-state index in [1.807, 2.05) is 6.07 Å². The Kier molecular flexibility index (Phi) is 5.64. The van der Waals surface area contributed by atoms with Crippen molar-refractivity contribution < 1.29 is 4.74 Å². The fraction of sp³-hybridized carbons (Fsp3) is 0.667. The van der Waals surface area contributed by atoms with E-state index in [-0.39, 0.29) is 5.95 Å². The fourth-order valence-corrected chi connectivity index (χ4v) is 1.71. The molecule has 0 bridgehead atoms. The van der Waals surface area contributed by atoms with E-state index in [1.54, 1.807) is 7.11 Å². The van der Waals surface area contributed by atoms with Gasteiger partial charge in [0.2, 0.25) is 11.8 Å². The minimum atomic E-state index is 0.246. The molecule has 6 heteroatoms. The van der Waals surface area contributed by atoms with Gasteiger partial charge in [-0.1, -0.05) is 0 Å². The first kappa shape index (κ1) is 14.5. The zero-order valence-electron chi connectivity index (χ0n) is 11.7. The van der Waals surface area contributed by atoms with E-state index in [4.69, 9.17) is 10.5 Å². The highest BCUT2D eigenvalue weighted by molar-refractivity contribution is 5.45. The summed E-state index contributed by atoms with van der Waals surface area (Å²) in [5, 5.41) is 0. The molecular weight excluding hydrogens is 230 g/mol. The first-order valence-electron chi connectivity index (χ1n) is 6.15. The van der Waals surface area contributed by atoms with E-state index in [1.165, 1.54) is 0 Å². The summed E-state index contributed by atoms with van der Waals surface area (Å²) in [6.07, 6.45) is 1.08. The van der Waals surface area contributed by atoms with Crippen LogP contribution in [-0.4, -0.2) is 55.7 Å². The largest absolute Gasteiger partial charge is 0.481 e. The second-order valence-corrected chi connectivity index (χ2v) is 4.36. The fourth-order valence-electron chi connectivity index (χ4n) is 1.71. The number of nitrogens with zero attached hydrogens (tertiary/aromatic N) is 4. The summed E-state index contributed by atoms with van der Waals surface area (Å²) in [5.41, 5.74) is 5.67. The van der Waals surface area contributed by atoms with Crippen LogP contribution in [0, 0.1) is 0 Å². The SMILES string of the molecule is CCN(CCCN(C)C)c1cc(OC)nc(N)n1. The Morgan fingerprint density at radius 2 is 2.00 bits per heavy atom. The van der Waals surface area contributed by atoms with Gasteiger partial charge in [-0.05, 0) is 34.0 Å². The Morgan fingerprint density at radius 1 is 1.28 bits per heavy atom. The van der Waals surface area contributed by atoms with Crippen molar-refractivity contribution in [2.24, 2.45) is 0 Å². The van der Waals surface area contributed by atoms with Gasteiger partial charge in [0.1, 0.15) is 5.82 Å². The molecule has 2 N–H and O–H groups in total. The lowest BCUT2D eigenvalue weighted by molar-refractivity contribution is 0.396. The number of hydrogen-bond acceptors (Lipinski definition) is 6. The lowest BCUT2D eigenvalue weighted by Crippen LogP contribution is -2.28. The number of nitrogen functional groups attached to an aromatic ring is 1. The maximum atomic E-state index is 5.67. The number of methoxy groups -OCH3 is 1. The van der Waals surface area contributed by atoms with Crippen LogP contribution >= 0.6 is 0 Å². The third-order valence-electron chi connectivity index (χ3n) is 2.65. The third-order valence-corrected chi connectivity index (χ3v) is 2.65. The van der Waals surface area contributed by atoms with Gasteiger partial charge < -0.3 is 20.3 Å². The molecule has 0 aliphatic rings. The van der Waals surface area contributed by atoms with Crippen LogP contribution in [0.4, 0.5) is 11.8 Å². The number of nitrogens with two attached hydrogens (primary N) is 1. The van der Waals surface area contributed by atoms with Gasteiger partial charge in [-0.15, -0.1) is 0 Å². The maximum Gasteiger partial charge on any atom is 0.225 e. The van der Waals surface area contributed by atoms with Gasteiger partial charge in [0, 0.05) is 19.2 Å². The predicted molar refractivity (Wildman–Crippen MR) is 74.1 cm³/mol. The molecule has 18 heavy (non-hydrogen) atoms. The van der Waals surface area contributed by atoms with Gasteiger partial charge >= 0.3 is 0 Å². The average molecular weight is 253 g/mol. The van der Waals surface area contributed by atoms with Crippen molar-refractivity contribution in [1.29, 1.82) is 0 Å². The molecule has 0 saturated carbocycles. The predicted octanol–water partition coefficient (Wildman–Crippen LogP) is 0.845. The number of rotatable bonds is 7. The molecule has 0 aliphatic heterocycles. The molecule has 0 unspecified atom stereocenters. The van der Waals surface area contributed by atoms with E-state index in [9.17, 15) is 0 Å². The Bertz CT molecular complexity index is 369. The monoisotopic (exact) mass is 253 g/mol. The van der Waals surface area contributed by atoms with E-state index in [0.29, 0.717) is 5.88 Å². The number of hydrogen-bond donors (Lipinski definition) is 1. The zero-order valence-corrected chi connectivity index (χ0v) is 11.7. The first-order chi connectivity index (χ1) is 8.56. The van der Waals surface area contributed by atoms with Crippen LogP contribution in [0.5, 0.6) is 5.88 Å². The molecule has 0 spiro atoms. The van der Waals surface area contributed by atoms with E-state index in [2.05, 4.69) is 40.8 Å². The maximum absolute atomic E-state index is 5.67. The van der Waals surface area contributed by atoms with Gasteiger partial charge in [-0.25, -0.2) is 0 Å². The lowest BCUT2D eigenvalue weighted by Gasteiger charge is -2.23. The minimum absolute atomic E-state index is 0.246. The van der Waals surface area contributed by atoms with Crippen molar-refractivity contribution in [1.82, 2.24) is 14.9 Å². The van der Waals surface area contributed by atoms with Crippen LogP contribution in [-0.2, 0) is 0 Å². The summed E-state index contributed by atoms with van der Waals surface area (Å²) in [5.74, 6) is 1.57. The van der Waals surface area contributed by atoms with Crippen molar-refractivity contribution in [2.45, 2.75) is 13.3 Å².